The Hall–Kier alpha value is -2.27. The van der Waals surface area contributed by atoms with Gasteiger partial charge in [0, 0.05) is 10.6 Å². The molecule has 0 aromatic heterocycles. The predicted molar refractivity (Wildman–Crippen MR) is 75.6 cm³/mol. The third kappa shape index (κ3) is 5.26. The standard InChI is InChI=1S/C14H12F2N2O3S/c1-8(18)10(5-17)12(19)6-21-14(20)7-22-13-4-9(15)2-3-11(13)16/h2-4,10,18H,6-7H2,1H3. The molecule has 0 radical (unpaired) electrons. The molecule has 22 heavy (non-hydrogen) atoms. The van der Waals surface area contributed by atoms with Crippen LogP contribution in [0.25, 0.3) is 0 Å². The zero-order chi connectivity index (χ0) is 16.7. The van der Waals surface area contributed by atoms with E-state index in [4.69, 9.17) is 10.7 Å². The normalized spacial score (nSPS) is 11.4. The van der Waals surface area contributed by atoms with Crippen LogP contribution in [-0.2, 0) is 14.3 Å². The van der Waals surface area contributed by atoms with Crippen LogP contribution in [0.2, 0.25) is 0 Å². The van der Waals surface area contributed by atoms with Gasteiger partial charge in [0.25, 0.3) is 0 Å². The zero-order valence-electron chi connectivity index (χ0n) is 11.6. The molecule has 1 aromatic rings. The molecular formula is C14H12F2N2O3S. The maximum atomic E-state index is 13.3. The molecular weight excluding hydrogens is 314 g/mol. The van der Waals surface area contributed by atoms with Gasteiger partial charge in [0.05, 0.1) is 11.8 Å². The number of carbonyl (C=O) groups excluding carboxylic acids is 2. The van der Waals surface area contributed by atoms with E-state index >= 15 is 0 Å². The van der Waals surface area contributed by atoms with Crippen molar-refractivity contribution in [2.24, 2.45) is 5.92 Å². The van der Waals surface area contributed by atoms with E-state index in [9.17, 15) is 18.4 Å². The van der Waals surface area contributed by atoms with Crippen LogP contribution in [0.1, 0.15) is 6.92 Å². The minimum Gasteiger partial charge on any atom is -0.457 e. The quantitative estimate of drug-likeness (QED) is 0.472. The maximum Gasteiger partial charge on any atom is 0.316 e. The molecule has 8 heteroatoms. The highest BCUT2D eigenvalue weighted by molar-refractivity contribution is 8.00. The Morgan fingerprint density at radius 3 is 2.73 bits per heavy atom. The van der Waals surface area contributed by atoms with E-state index in [0.717, 1.165) is 30.0 Å². The number of benzene rings is 1. The number of carbonyl (C=O) groups is 2. The summed E-state index contributed by atoms with van der Waals surface area (Å²) in [4.78, 5) is 22.9. The number of Topliss-reactive ketones (excluding diaryl/α,β-unsaturated/α-hetero) is 1. The summed E-state index contributed by atoms with van der Waals surface area (Å²) in [7, 11) is 0. The number of nitriles is 1. The van der Waals surface area contributed by atoms with Gasteiger partial charge in [-0.25, -0.2) is 8.78 Å². The second kappa shape index (κ2) is 8.24. The van der Waals surface area contributed by atoms with Crippen LogP contribution < -0.4 is 0 Å². The number of thioether (sulfide) groups is 1. The molecule has 1 unspecified atom stereocenters. The van der Waals surface area contributed by atoms with Gasteiger partial charge in [0.15, 0.2) is 12.4 Å². The zero-order valence-corrected chi connectivity index (χ0v) is 12.4. The fourth-order valence-electron chi connectivity index (χ4n) is 1.41. The average molecular weight is 326 g/mol. The highest BCUT2D eigenvalue weighted by Gasteiger charge is 2.21. The Balaban J connectivity index is 2.47. The van der Waals surface area contributed by atoms with Crippen molar-refractivity contribution in [2.45, 2.75) is 11.8 Å². The molecule has 0 amide bonds. The number of halogens is 2. The highest BCUT2D eigenvalue weighted by atomic mass is 32.2. The Kier molecular flexibility index (Phi) is 6.66. The third-order valence-corrected chi connectivity index (χ3v) is 3.50. The van der Waals surface area contributed by atoms with Crippen molar-refractivity contribution in [1.82, 2.24) is 0 Å². The van der Waals surface area contributed by atoms with Crippen molar-refractivity contribution in [2.75, 3.05) is 12.4 Å². The highest BCUT2D eigenvalue weighted by Crippen LogP contribution is 2.22. The Bertz CT molecular complexity index is 643. The van der Waals surface area contributed by atoms with Gasteiger partial charge in [-0.05, 0) is 25.1 Å². The average Bonchev–Trinajstić information content (AvgIpc) is 2.46. The number of ketones is 1. The Labute approximate surface area is 129 Å². The number of rotatable bonds is 7. The molecule has 1 N–H and O–H groups in total. The summed E-state index contributed by atoms with van der Waals surface area (Å²) in [5.74, 6) is -4.37. The van der Waals surface area contributed by atoms with E-state index in [-0.39, 0.29) is 16.4 Å². The number of nitrogens with zero attached hydrogens (tertiary/aromatic N) is 1. The van der Waals surface area contributed by atoms with E-state index in [1.807, 2.05) is 0 Å². The summed E-state index contributed by atoms with van der Waals surface area (Å²) >= 11 is 0.733. The first-order valence-corrected chi connectivity index (χ1v) is 7.04. The van der Waals surface area contributed by atoms with Gasteiger partial charge in [0.1, 0.15) is 17.6 Å². The van der Waals surface area contributed by atoms with E-state index in [0.29, 0.717) is 0 Å². The maximum absolute atomic E-state index is 13.3. The molecule has 0 aliphatic heterocycles. The minimum atomic E-state index is -1.25. The summed E-state index contributed by atoms with van der Waals surface area (Å²) in [6.07, 6.45) is 0. The summed E-state index contributed by atoms with van der Waals surface area (Å²) in [5.41, 5.74) is -0.139. The molecule has 0 spiro atoms. The molecule has 1 aromatic carbocycles. The molecule has 116 valence electrons. The first kappa shape index (κ1) is 17.8. The van der Waals surface area contributed by atoms with E-state index in [1.54, 1.807) is 6.07 Å². The van der Waals surface area contributed by atoms with Crippen molar-refractivity contribution in [3.8, 4) is 6.07 Å². The number of nitrogens with one attached hydrogen (secondary N) is 1. The van der Waals surface area contributed by atoms with Crippen molar-refractivity contribution in [1.29, 1.82) is 10.7 Å². The molecule has 0 aliphatic rings. The molecule has 0 bridgehead atoms. The predicted octanol–water partition coefficient (Wildman–Crippen LogP) is 2.35. The molecule has 1 atom stereocenters. The lowest BCUT2D eigenvalue weighted by Gasteiger charge is -2.07. The second-order valence-electron chi connectivity index (χ2n) is 4.24. The molecule has 0 saturated heterocycles. The van der Waals surface area contributed by atoms with Crippen LogP contribution in [0.3, 0.4) is 0 Å². The van der Waals surface area contributed by atoms with Crippen molar-refractivity contribution >= 4 is 29.2 Å². The summed E-state index contributed by atoms with van der Waals surface area (Å²) in [6, 6.07) is 4.48. The SMILES string of the molecule is CC(=N)C(C#N)C(=O)COC(=O)CSc1cc(F)ccc1F. The number of ether oxygens (including phenoxy) is 1. The lowest BCUT2D eigenvalue weighted by Crippen LogP contribution is -2.26. The van der Waals surface area contributed by atoms with Gasteiger partial charge >= 0.3 is 5.97 Å². The fraction of sp³-hybridized carbons (Fsp3) is 0.286. The van der Waals surface area contributed by atoms with Crippen LogP contribution in [0.5, 0.6) is 0 Å². The van der Waals surface area contributed by atoms with Crippen LogP contribution in [0, 0.1) is 34.3 Å². The summed E-state index contributed by atoms with van der Waals surface area (Å²) in [5, 5.41) is 15.9. The van der Waals surface area contributed by atoms with Crippen molar-refractivity contribution in [3.63, 3.8) is 0 Å². The topological polar surface area (TPSA) is 91.0 Å². The fourth-order valence-corrected chi connectivity index (χ4v) is 2.17. The van der Waals surface area contributed by atoms with E-state index in [1.165, 1.54) is 6.92 Å². The van der Waals surface area contributed by atoms with Crippen molar-refractivity contribution in [3.05, 3.63) is 29.8 Å². The van der Waals surface area contributed by atoms with Crippen LogP contribution in [0.15, 0.2) is 23.1 Å². The number of esters is 1. The minimum absolute atomic E-state index is 0.0477. The second-order valence-corrected chi connectivity index (χ2v) is 5.25. The van der Waals surface area contributed by atoms with E-state index in [2.05, 4.69) is 4.74 Å². The molecule has 0 fully saturated rings. The van der Waals surface area contributed by atoms with E-state index < -0.39 is 35.9 Å². The molecule has 5 nitrogen and oxygen atoms in total. The lowest BCUT2D eigenvalue weighted by molar-refractivity contribution is -0.145. The summed E-state index contributed by atoms with van der Waals surface area (Å²) in [6.45, 7) is 0.662. The van der Waals surface area contributed by atoms with Gasteiger partial charge in [-0.2, -0.15) is 5.26 Å². The Morgan fingerprint density at radius 2 is 2.14 bits per heavy atom. The van der Waals surface area contributed by atoms with Gasteiger partial charge in [-0.15, -0.1) is 11.8 Å². The van der Waals surface area contributed by atoms with Crippen LogP contribution in [-0.4, -0.2) is 29.8 Å². The van der Waals surface area contributed by atoms with Gasteiger partial charge in [0.2, 0.25) is 0 Å². The van der Waals surface area contributed by atoms with Crippen molar-refractivity contribution < 1.29 is 23.1 Å². The largest absolute Gasteiger partial charge is 0.457 e. The van der Waals surface area contributed by atoms with Gasteiger partial charge < -0.3 is 10.1 Å². The molecule has 1 rings (SSSR count). The molecule has 0 heterocycles. The van der Waals surface area contributed by atoms with Crippen LogP contribution >= 0.6 is 11.8 Å². The van der Waals surface area contributed by atoms with Gasteiger partial charge in [-0.1, -0.05) is 0 Å². The smallest absolute Gasteiger partial charge is 0.316 e. The Morgan fingerprint density at radius 1 is 1.45 bits per heavy atom. The first-order chi connectivity index (χ1) is 10.3. The van der Waals surface area contributed by atoms with Gasteiger partial charge in [-0.3, -0.25) is 9.59 Å². The van der Waals surface area contributed by atoms with Crippen LogP contribution in [0.4, 0.5) is 8.78 Å². The first-order valence-electron chi connectivity index (χ1n) is 6.06. The molecule has 0 aliphatic carbocycles. The molecule has 0 saturated carbocycles. The third-order valence-electron chi connectivity index (χ3n) is 2.50. The number of hydrogen-bond donors (Lipinski definition) is 1. The summed E-state index contributed by atoms with van der Waals surface area (Å²) < 4.78 is 30.9. The lowest BCUT2D eigenvalue weighted by atomic mass is 10.0. The number of hydrogen-bond acceptors (Lipinski definition) is 6. The monoisotopic (exact) mass is 326 g/mol.